The van der Waals surface area contributed by atoms with Gasteiger partial charge >= 0.3 is 0 Å². The van der Waals surface area contributed by atoms with Gasteiger partial charge in [-0.15, -0.1) is 0 Å². The third kappa shape index (κ3) is 2.17. The van der Waals surface area contributed by atoms with Crippen molar-refractivity contribution in [1.82, 2.24) is 4.98 Å². The van der Waals surface area contributed by atoms with Gasteiger partial charge in [0.25, 0.3) is 6.43 Å². The summed E-state index contributed by atoms with van der Waals surface area (Å²) >= 11 is 3.01. The Morgan fingerprint density at radius 2 is 2.29 bits per heavy atom. The van der Waals surface area contributed by atoms with Crippen molar-refractivity contribution >= 4 is 15.9 Å². The van der Waals surface area contributed by atoms with Crippen LogP contribution in [0.5, 0.6) is 5.75 Å². The van der Waals surface area contributed by atoms with E-state index in [0.29, 0.717) is 4.47 Å². The summed E-state index contributed by atoms with van der Waals surface area (Å²) in [6, 6.07) is 2.90. The van der Waals surface area contributed by atoms with E-state index in [1.807, 2.05) is 0 Å². The number of rotatable bonds is 2. The highest BCUT2D eigenvalue weighted by Crippen LogP contribution is 2.30. The van der Waals surface area contributed by atoms with E-state index in [-0.39, 0.29) is 12.1 Å². The number of pyridine rings is 1. The molecule has 1 aromatic rings. The fourth-order valence-corrected chi connectivity index (χ4v) is 1.34. The smallest absolute Gasteiger partial charge is 0.284 e. The molecule has 0 aromatic carbocycles. The maximum absolute atomic E-state index is 12.3. The molecule has 3 nitrogen and oxygen atoms in total. The molecule has 74 valence electrons. The largest absolute Gasteiger partial charge is 0.506 e. The van der Waals surface area contributed by atoms with Crippen LogP contribution in [-0.2, 0) is 6.42 Å². The molecule has 0 amide bonds. The van der Waals surface area contributed by atoms with Crippen LogP contribution in [0.3, 0.4) is 0 Å². The first-order valence-electron chi connectivity index (χ1n) is 3.59. The predicted molar refractivity (Wildman–Crippen MR) is 47.9 cm³/mol. The molecular weight excluding hydrogens is 258 g/mol. The molecule has 0 spiro atoms. The lowest BCUT2D eigenvalue weighted by molar-refractivity contribution is 0.141. The van der Waals surface area contributed by atoms with E-state index in [1.54, 1.807) is 6.07 Å². The molecule has 0 atom stereocenters. The molecule has 1 N–H and O–H groups in total. The van der Waals surface area contributed by atoms with Gasteiger partial charge in [-0.25, -0.2) is 13.8 Å². The maximum atomic E-state index is 12.3. The Hall–Kier alpha value is -1.22. The Labute approximate surface area is 87.1 Å². The number of nitrogens with zero attached hydrogens (tertiary/aromatic N) is 2. The van der Waals surface area contributed by atoms with Gasteiger partial charge in [-0.1, -0.05) is 0 Å². The van der Waals surface area contributed by atoms with Crippen LogP contribution in [0.2, 0.25) is 0 Å². The van der Waals surface area contributed by atoms with Gasteiger partial charge in [0.2, 0.25) is 0 Å². The summed E-state index contributed by atoms with van der Waals surface area (Å²) in [6.45, 7) is 0. The Balaban J connectivity index is 3.21. The minimum absolute atomic E-state index is 0.0828. The highest BCUT2D eigenvalue weighted by atomic mass is 79.9. The van der Waals surface area contributed by atoms with Crippen molar-refractivity contribution in [2.45, 2.75) is 12.8 Å². The van der Waals surface area contributed by atoms with Crippen molar-refractivity contribution in [3.05, 3.63) is 21.9 Å². The lowest BCUT2D eigenvalue weighted by Crippen LogP contribution is -1.97. The third-order valence-corrected chi connectivity index (χ3v) is 2.20. The summed E-state index contributed by atoms with van der Waals surface area (Å²) in [7, 11) is 0. The standard InChI is InChI=1S/C8H5BrF2N2O/c9-4-3-6(14)7(8(10)11)13-5(4)1-2-12/h3,8,14H,1H2. The highest BCUT2D eigenvalue weighted by molar-refractivity contribution is 9.10. The lowest BCUT2D eigenvalue weighted by atomic mass is 10.2. The van der Waals surface area contributed by atoms with Crippen LogP contribution in [0.4, 0.5) is 8.78 Å². The zero-order valence-electron chi connectivity index (χ0n) is 6.84. The average Bonchev–Trinajstić information content (AvgIpc) is 2.09. The molecule has 0 aliphatic rings. The van der Waals surface area contributed by atoms with Gasteiger partial charge in [-0.2, -0.15) is 5.26 Å². The molecule has 0 aliphatic carbocycles. The van der Waals surface area contributed by atoms with Crippen LogP contribution in [0.1, 0.15) is 17.8 Å². The first-order valence-corrected chi connectivity index (χ1v) is 4.39. The van der Waals surface area contributed by atoms with E-state index in [1.165, 1.54) is 0 Å². The Morgan fingerprint density at radius 1 is 1.64 bits per heavy atom. The second-order valence-corrected chi connectivity index (χ2v) is 3.31. The fraction of sp³-hybridized carbons (Fsp3) is 0.250. The SMILES string of the molecule is N#CCc1nc(C(F)F)c(O)cc1Br. The molecule has 1 heterocycles. The minimum atomic E-state index is -2.85. The average molecular weight is 263 g/mol. The van der Waals surface area contributed by atoms with Crippen molar-refractivity contribution in [2.75, 3.05) is 0 Å². The zero-order valence-corrected chi connectivity index (χ0v) is 8.42. The van der Waals surface area contributed by atoms with Crippen LogP contribution >= 0.6 is 15.9 Å². The molecule has 0 radical (unpaired) electrons. The first kappa shape index (κ1) is 10.9. The quantitative estimate of drug-likeness (QED) is 0.891. The third-order valence-electron chi connectivity index (χ3n) is 1.51. The van der Waals surface area contributed by atoms with Crippen LogP contribution in [0, 0.1) is 11.3 Å². The van der Waals surface area contributed by atoms with E-state index < -0.39 is 17.9 Å². The first-order chi connectivity index (χ1) is 6.56. The van der Waals surface area contributed by atoms with Crippen molar-refractivity contribution in [3.63, 3.8) is 0 Å². The summed E-state index contributed by atoms with van der Waals surface area (Å²) in [6.07, 6.45) is -2.93. The summed E-state index contributed by atoms with van der Waals surface area (Å²) in [5.74, 6) is -0.575. The number of aromatic hydroxyl groups is 1. The lowest BCUT2D eigenvalue weighted by Gasteiger charge is -2.05. The van der Waals surface area contributed by atoms with Gasteiger partial charge in [0, 0.05) is 4.47 Å². The molecule has 0 fully saturated rings. The van der Waals surface area contributed by atoms with Gasteiger partial charge in [0.15, 0.2) is 0 Å². The summed E-state index contributed by atoms with van der Waals surface area (Å²) in [5.41, 5.74) is -0.501. The van der Waals surface area contributed by atoms with Gasteiger partial charge in [0.1, 0.15) is 11.4 Å². The van der Waals surface area contributed by atoms with E-state index >= 15 is 0 Å². The van der Waals surface area contributed by atoms with E-state index in [0.717, 1.165) is 6.07 Å². The Bertz CT molecular complexity index is 390. The molecule has 1 rings (SSSR count). The van der Waals surface area contributed by atoms with Crippen molar-refractivity contribution in [2.24, 2.45) is 0 Å². The number of hydrogen-bond acceptors (Lipinski definition) is 3. The van der Waals surface area contributed by atoms with Crippen LogP contribution in [0.15, 0.2) is 10.5 Å². The summed E-state index contributed by atoms with van der Waals surface area (Å²) < 4.78 is 24.9. The van der Waals surface area contributed by atoms with Crippen LogP contribution in [-0.4, -0.2) is 10.1 Å². The molecule has 0 saturated carbocycles. The number of hydrogen-bond donors (Lipinski definition) is 1. The van der Waals surface area contributed by atoms with Crippen molar-refractivity contribution in [1.29, 1.82) is 5.26 Å². The van der Waals surface area contributed by atoms with Crippen LogP contribution < -0.4 is 0 Å². The molecule has 0 aliphatic heterocycles. The zero-order chi connectivity index (χ0) is 10.7. The van der Waals surface area contributed by atoms with Crippen molar-refractivity contribution < 1.29 is 13.9 Å². The summed E-state index contributed by atoms with van der Waals surface area (Å²) in [4.78, 5) is 3.49. The Kier molecular flexibility index (Phi) is 3.36. The topological polar surface area (TPSA) is 56.9 Å². The van der Waals surface area contributed by atoms with Crippen molar-refractivity contribution in [3.8, 4) is 11.8 Å². The molecule has 0 unspecified atom stereocenters. The molecule has 6 heteroatoms. The van der Waals surface area contributed by atoms with Gasteiger partial charge < -0.3 is 5.11 Å². The normalized spacial score (nSPS) is 10.2. The molecule has 14 heavy (non-hydrogen) atoms. The number of aromatic nitrogens is 1. The minimum Gasteiger partial charge on any atom is -0.506 e. The maximum Gasteiger partial charge on any atom is 0.284 e. The second kappa shape index (κ2) is 4.33. The van der Waals surface area contributed by atoms with E-state index in [2.05, 4.69) is 20.9 Å². The predicted octanol–water partition coefficient (Wildman–Crippen LogP) is 2.55. The van der Waals surface area contributed by atoms with Gasteiger partial charge in [-0.05, 0) is 22.0 Å². The molecule has 1 aromatic heterocycles. The van der Waals surface area contributed by atoms with E-state index in [9.17, 15) is 8.78 Å². The Morgan fingerprint density at radius 3 is 2.79 bits per heavy atom. The van der Waals surface area contributed by atoms with Gasteiger partial charge in [0.05, 0.1) is 18.2 Å². The monoisotopic (exact) mass is 262 g/mol. The van der Waals surface area contributed by atoms with Crippen LogP contribution in [0.25, 0.3) is 0 Å². The number of halogens is 3. The molecule has 0 saturated heterocycles. The molecular formula is C8H5BrF2N2O. The summed E-state index contributed by atoms with van der Waals surface area (Å²) in [5, 5.41) is 17.5. The number of alkyl halides is 2. The van der Waals surface area contributed by atoms with E-state index in [4.69, 9.17) is 10.4 Å². The fourth-order valence-electron chi connectivity index (χ4n) is 0.893. The number of nitriles is 1. The second-order valence-electron chi connectivity index (χ2n) is 2.46. The molecule has 0 bridgehead atoms. The van der Waals surface area contributed by atoms with Gasteiger partial charge in [-0.3, -0.25) is 0 Å². The highest BCUT2D eigenvalue weighted by Gasteiger charge is 2.17.